The number of carbonyl (C=O) groups is 1. The van der Waals surface area contributed by atoms with Crippen molar-refractivity contribution in [1.29, 1.82) is 0 Å². The Hall–Kier alpha value is -2.86. The molecule has 27 heavy (non-hydrogen) atoms. The van der Waals surface area contributed by atoms with Crippen LogP contribution in [-0.2, 0) is 4.79 Å². The van der Waals surface area contributed by atoms with Crippen molar-refractivity contribution in [2.75, 3.05) is 19.5 Å². The zero-order chi connectivity index (χ0) is 18.8. The number of carbonyl (C=O) groups excluding carboxylic acids is 1. The molecule has 1 N–H and O–H groups in total. The molecule has 0 bridgehead atoms. The van der Waals surface area contributed by atoms with Crippen LogP contribution in [0.25, 0.3) is 21.8 Å². The highest BCUT2D eigenvalue weighted by atomic mass is 32.1. The molecule has 2 aromatic carbocycles. The maximum absolute atomic E-state index is 12.0. The van der Waals surface area contributed by atoms with Crippen LogP contribution in [0.3, 0.4) is 0 Å². The predicted molar refractivity (Wildman–Crippen MR) is 107 cm³/mol. The summed E-state index contributed by atoms with van der Waals surface area (Å²) in [6.45, 7) is 0. The van der Waals surface area contributed by atoms with Gasteiger partial charge in [-0.25, -0.2) is 4.98 Å². The molecule has 1 amide bonds. The van der Waals surface area contributed by atoms with E-state index < -0.39 is 0 Å². The quantitative estimate of drug-likeness (QED) is 0.664. The Bertz CT molecular complexity index is 979. The van der Waals surface area contributed by atoms with E-state index in [1.54, 1.807) is 25.6 Å². The zero-order valence-corrected chi connectivity index (χ0v) is 16.0. The maximum atomic E-state index is 12.0. The standard InChI is InChI=1S/C21H20N2O3S/c1-25-16-8-9-17(19(11-16)26-2)18-12-27-21(23-18)14-4-3-5-15(10-14)22-20(24)13-6-7-13/h3-5,8-13H,6-7H2,1-2H3,(H,22,24). The molecule has 0 aliphatic heterocycles. The Balaban J connectivity index is 1.60. The molecular formula is C21H20N2O3S. The van der Waals surface area contributed by atoms with E-state index >= 15 is 0 Å². The molecule has 1 aliphatic carbocycles. The minimum Gasteiger partial charge on any atom is -0.497 e. The number of aromatic nitrogens is 1. The average molecular weight is 380 g/mol. The number of rotatable bonds is 6. The average Bonchev–Trinajstić information content (AvgIpc) is 3.45. The van der Waals surface area contributed by atoms with Crippen molar-refractivity contribution in [3.05, 3.63) is 47.8 Å². The van der Waals surface area contributed by atoms with Crippen molar-refractivity contribution >= 4 is 22.9 Å². The summed E-state index contributed by atoms with van der Waals surface area (Å²) in [5.74, 6) is 1.75. The van der Waals surface area contributed by atoms with Crippen molar-refractivity contribution in [2.24, 2.45) is 5.92 Å². The van der Waals surface area contributed by atoms with Gasteiger partial charge in [0.15, 0.2) is 0 Å². The third-order valence-electron chi connectivity index (χ3n) is 4.51. The van der Waals surface area contributed by atoms with Gasteiger partial charge >= 0.3 is 0 Å². The van der Waals surface area contributed by atoms with Crippen LogP contribution in [0.15, 0.2) is 47.8 Å². The highest BCUT2D eigenvalue weighted by Crippen LogP contribution is 2.36. The molecule has 1 aromatic heterocycles. The number of anilines is 1. The van der Waals surface area contributed by atoms with Crippen molar-refractivity contribution in [2.45, 2.75) is 12.8 Å². The molecule has 1 aliphatic rings. The smallest absolute Gasteiger partial charge is 0.227 e. The highest BCUT2D eigenvalue weighted by Gasteiger charge is 2.29. The first-order valence-corrected chi connectivity index (χ1v) is 9.65. The molecule has 5 nitrogen and oxygen atoms in total. The first-order chi connectivity index (χ1) is 13.2. The van der Waals surface area contributed by atoms with E-state index in [0.29, 0.717) is 0 Å². The van der Waals surface area contributed by atoms with Gasteiger partial charge in [0.05, 0.1) is 19.9 Å². The molecule has 1 saturated carbocycles. The Morgan fingerprint density at radius 1 is 1.15 bits per heavy atom. The Labute approximate surface area is 162 Å². The minimum atomic E-state index is 0.106. The number of benzene rings is 2. The number of thiazole rings is 1. The molecule has 3 aromatic rings. The van der Waals surface area contributed by atoms with Gasteiger partial charge in [-0.3, -0.25) is 4.79 Å². The number of nitrogens with one attached hydrogen (secondary N) is 1. The lowest BCUT2D eigenvalue weighted by atomic mass is 10.1. The Morgan fingerprint density at radius 2 is 2.00 bits per heavy atom. The van der Waals surface area contributed by atoms with Crippen molar-refractivity contribution in [3.63, 3.8) is 0 Å². The van der Waals surface area contributed by atoms with Crippen molar-refractivity contribution in [1.82, 2.24) is 4.98 Å². The second-order valence-electron chi connectivity index (χ2n) is 6.45. The number of hydrogen-bond acceptors (Lipinski definition) is 5. The van der Waals surface area contributed by atoms with Gasteiger partial charge in [-0.15, -0.1) is 11.3 Å². The van der Waals surface area contributed by atoms with E-state index in [4.69, 9.17) is 14.5 Å². The van der Waals surface area contributed by atoms with Crippen LogP contribution in [0, 0.1) is 5.92 Å². The number of hydrogen-bond donors (Lipinski definition) is 1. The SMILES string of the molecule is COc1ccc(-c2csc(-c3cccc(NC(=O)C4CC4)c3)n2)c(OC)c1. The monoisotopic (exact) mass is 380 g/mol. The van der Waals surface area contributed by atoms with E-state index in [1.807, 2.05) is 47.8 Å². The van der Waals surface area contributed by atoms with Crippen LogP contribution in [0.1, 0.15) is 12.8 Å². The summed E-state index contributed by atoms with van der Waals surface area (Å²) in [6, 6.07) is 13.5. The number of ether oxygens (including phenoxy) is 2. The second-order valence-corrected chi connectivity index (χ2v) is 7.31. The summed E-state index contributed by atoms with van der Waals surface area (Å²) >= 11 is 1.56. The van der Waals surface area contributed by atoms with E-state index in [2.05, 4.69) is 5.32 Å². The van der Waals surface area contributed by atoms with E-state index in [0.717, 1.165) is 51.9 Å². The number of amides is 1. The summed E-state index contributed by atoms with van der Waals surface area (Å²) in [5.41, 5.74) is 3.55. The highest BCUT2D eigenvalue weighted by molar-refractivity contribution is 7.13. The third kappa shape index (κ3) is 3.80. The summed E-state index contributed by atoms with van der Waals surface area (Å²) in [6.07, 6.45) is 1.98. The van der Waals surface area contributed by atoms with Crippen LogP contribution in [0.5, 0.6) is 11.5 Å². The molecule has 0 radical (unpaired) electrons. The molecule has 1 fully saturated rings. The van der Waals surface area contributed by atoms with Gasteiger partial charge in [-0.2, -0.15) is 0 Å². The van der Waals surface area contributed by atoms with Crippen LogP contribution in [0.2, 0.25) is 0 Å². The van der Waals surface area contributed by atoms with Crippen molar-refractivity contribution < 1.29 is 14.3 Å². The normalized spacial score (nSPS) is 13.3. The van der Waals surface area contributed by atoms with E-state index in [1.165, 1.54) is 0 Å². The summed E-state index contributed by atoms with van der Waals surface area (Å²) < 4.78 is 10.7. The zero-order valence-electron chi connectivity index (χ0n) is 15.2. The Morgan fingerprint density at radius 3 is 2.74 bits per heavy atom. The lowest BCUT2D eigenvalue weighted by Crippen LogP contribution is -2.13. The van der Waals surface area contributed by atoms with Gasteiger partial charge in [0.1, 0.15) is 16.5 Å². The van der Waals surface area contributed by atoms with Gasteiger partial charge in [0.25, 0.3) is 0 Å². The van der Waals surface area contributed by atoms with E-state index in [-0.39, 0.29) is 11.8 Å². The fourth-order valence-corrected chi connectivity index (χ4v) is 3.68. The van der Waals surface area contributed by atoms with Crippen LogP contribution >= 0.6 is 11.3 Å². The first kappa shape index (κ1) is 17.5. The Kier molecular flexibility index (Phi) is 4.81. The molecule has 6 heteroatoms. The topological polar surface area (TPSA) is 60.5 Å². The fourth-order valence-electron chi connectivity index (χ4n) is 2.86. The maximum Gasteiger partial charge on any atom is 0.227 e. The van der Waals surface area contributed by atoms with Crippen LogP contribution < -0.4 is 14.8 Å². The van der Waals surface area contributed by atoms with Gasteiger partial charge in [0.2, 0.25) is 5.91 Å². The molecule has 138 valence electrons. The minimum absolute atomic E-state index is 0.106. The molecule has 0 atom stereocenters. The predicted octanol–water partition coefficient (Wildman–Crippen LogP) is 4.84. The number of methoxy groups -OCH3 is 2. The summed E-state index contributed by atoms with van der Waals surface area (Å²) in [7, 11) is 3.27. The first-order valence-electron chi connectivity index (χ1n) is 8.77. The lowest BCUT2D eigenvalue weighted by Gasteiger charge is -2.08. The fraction of sp³-hybridized carbons (Fsp3) is 0.238. The lowest BCUT2D eigenvalue weighted by molar-refractivity contribution is -0.117. The molecule has 4 rings (SSSR count). The molecular weight excluding hydrogens is 360 g/mol. The molecule has 0 spiro atoms. The van der Waals surface area contributed by atoms with Crippen LogP contribution in [0.4, 0.5) is 5.69 Å². The largest absolute Gasteiger partial charge is 0.497 e. The van der Waals surface area contributed by atoms with Gasteiger partial charge in [-0.1, -0.05) is 12.1 Å². The molecule has 1 heterocycles. The molecule has 0 unspecified atom stereocenters. The second kappa shape index (κ2) is 7.40. The summed E-state index contributed by atoms with van der Waals surface area (Å²) in [5, 5.41) is 5.89. The molecule has 0 saturated heterocycles. The van der Waals surface area contributed by atoms with Crippen LogP contribution in [-0.4, -0.2) is 25.1 Å². The van der Waals surface area contributed by atoms with Gasteiger partial charge in [-0.05, 0) is 37.1 Å². The van der Waals surface area contributed by atoms with E-state index in [9.17, 15) is 4.79 Å². The number of nitrogens with zero attached hydrogens (tertiary/aromatic N) is 1. The summed E-state index contributed by atoms with van der Waals surface area (Å²) in [4.78, 5) is 16.8. The van der Waals surface area contributed by atoms with Gasteiger partial charge < -0.3 is 14.8 Å². The van der Waals surface area contributed by atoms with Crippen molar-refractivity contribution in [3.8, 4) is 33.3 Å². The third-order valence-corrected chi connectivity index (χ3v) is 5.41. The van der Waals surface area contributed by atoms with Gasteiger partial charge in [0, 0.05) is 34.2 Å².